The van der Waals surface area contributed by atoms with Gasteiger partial charge in [0.05, 0.1) is 31.1 Å². The molecule has 0 radical (unpaired) electrons. The van der Waals surface area contributed by atoms with Crippen molar-refractivity contribution in [1.82, 2.24) is 10.4 Å². The van der Waals surface area contributed by atoms with E-state index in [0.29, 0.717) is 0 Å². The maximum atomic E-state index is 12.8. The number of benzene rings is 1. The minimum atomic E-state index is -0.549. The zero-order chi connectivity index (χ0) is 20.5. The molecule has 9 heteroatoms. The Morgan fingerprint density at radius 1 is 1.29 bits per heavy atom. The van der Waals surface area contributed by atoms with Gasteiger partial charge in [-0.2, -0.15) is 0 Å². The molecule has 0 heterocycles. The van der Waals surface area contributed by atoms with E-state index in [1.165, 1.54) is 29.3 Å². The number of non-ortho nitro benzene ring substituents is 1. The molecule has 0 fully saturated rings. The topological polar surface area (TPSA) is 122 Å². The van der Waals surface area contributed by atoms with Crippen molar-refractivity contribution < 1.29 is 24.4 Å². The quantitative estimate of drug-likeness (QED) is 0.354. The zero-order valence-electron chi connectivity index (χ0n) is 15.5. The number of nitrogens with zero attached hydrogens (tertiary/aromatic N) is 2. The van der Waals surface area contributed by atoms with Gasteiger partial charge in [0.1, 0.15) is 0 Å². The molecule has 2 N–H and O–H groups in total. The Morgan fingerprint density at radius 2 is 1.93 bits per heavy atom. The van der Waals surface area contributed by atoms with E-state index in [-0.39, 0.29) is 43.3 Å². The lowest BCUT2D eigenvalue weighted by Crippen LogP contribution is -2.52. The summed E-state index contributed by atoms with van der Waals surface area (Å²) in [4.78, 5) is 35.0. The van der Waals surface area contributed by atoms with Gasteiger partial charge in [-0.25, -0.2) is 5.43 Å². The van der Waals surface area contributed by atoms with Gasteiger partial charge in [-0.15, -0.1) is 0 Å². The van der Waals surface area contributed by atoms with Crippen LogP contribution in [0.15, 0.2) is 48.6 Å². The van der Waals surface area contributed by atoms with E-state index in [1.807, 2.05) is 24.3 Å². The second-order valence-electron chi connectivity index (χ2n) is 6.08. The van der Waals surface area contributed by atoms with E-state index >= 15 is 0 Å². The maximum Gasteiger partial charge on any atom is 0.307 e. The number of amides is 1. The summed E-state index contributed by atoms with van der Waals surface area (Å²) in [7, 11) is 0. The summed E-state index contributed by atoms with van der Waals surface area (Å²) >= 11 is 0. The Balaban J connectivity index is 2.17. The van der Waals surface area contributed by atoms with Crippen molar-refractivity contribution in [1.29, 1.82) is 0 Å². The third-order valence-corrected chi connectivity index (χ3v) is 4.15. The van der Waals surface area contributed by atoms with Gasteiger partial charge in [-0.05, 0) is 19.1 Å². The van der Waals surface area contributed by atoms with Gasteiger partial charge in [0.15, 0.2) is 0 Å². The van der Waals surface area contributed by atoms with E-state index < -0.39 is 22.8 Å². The predicted molar refractivity (Wildman–Crippen MR) is 101 cm³/mol. The lowest BCUT2D eigenvalue weighted by molar-refractivity contribution is -0.384. The molecule has 1 amide bonds. The molecule has 0 bridgehead atoms. The Hall–Kier alpha value is -3.04. The normalized spacial score (nSPS) is 14.1. The number of ether oxygens (including phenoxy) is 1. The van der Waals surface area contributed by atoms with Crippen LogP contribution >= 0.6 is 0 Å². The average Bonchev–Trinajstić information content (AvgIpc) is 3.21. The first-order valence-corrected chi connectivity index (χ1v) is 8.90. The molecule has 0 aromatic heterocycles. The summed E-state index contributed by atoms with van der Waals surface area (Å²) in [5.41, 5.74) is 3.10. The standard InChI is InChI=1S/C19H23N3O6/c1-2-28-18(24)13-17(14-5-3-4-6-14)20-21(11-12-23)19(25)15-7-9-16(10-8-15)22(26)27/h3-10,14,17,20,23H,2,11-13H2,1H3. The van der Waals surface area contributed by atoms with E-state index in [0.717, 1.165) is 0 Å². The van der Waals surface area contributed by atoms with Gasteiger partial charge < -0.3 is 9.84 Å². The molecule has 0 saturated heterocycles. The largest absolute Gasteiger partial charge is 0.466 e. The number of nitro groups is 1. The van der Waals surface area contributed by atoms with E-state index in [1.54, 1.807) is 6.92 Å². The summed E-state index contributed by atoms with van der Waals surface area (Å²) in [5, 5.41) is 21.3. The fraction of sp³-hybridized carbons (Fsp3) is 0.368. The van der Waals surface area contributed by atoms with Crippen LogP contribution in [0, 0.1) is 16.0 Å². The van der Waals surface area contributed by atoms with Crippen molar-refractivity contribution in [3.63, 3.8) is 0 Å². The fourth-order valence-electron chi connectivity index (χ4n) is 2.79. The second-order valence-corrected chi connectivity index (χ2v) is 6.08. The number of allylic oxidation sites excluding steroid dienone is 2. The summed E-state index contributed by atoms with van der Waals surface area (Å²) < 4.78 is 5.01. The molecule has 1 aromatic carbocycles. The van der Waals surface area contributed by atoms with Crippen LogP contribution in [0.3, 0.4) is 0 Å². The first kappa shape index (κ1) is 21.3. The summed E-state index contributed by atoms with van der Waals surface area (Å²) in [6.07, 6.45) is 7.51. The van der Waals surface area contributed by atoms with E-state index in [9.17, 15) is 24.8 Å². The minimum absolute atomic E-state index is 0.0186. The number of rotatable bonds is 10. The van der Waals surface area contributed by atoms with Crippen LogP contribution in [-0.2, 0) is 9.53 Å². The fourth-order valence-corrected chi connectivity index (χ4v) is 2.79. The van der Waals surface area contributed by atoms with Crippen LogP contribution in [0.5, 0.6) is 0 Å². The van der Waals surface area contributed by atoms with Crippen LogP contribution in [0.2, 0.25) is 0 Å². The molecule has 1 aliphatic rings. The summed E-state index contributed by atoms with van der Waals surface area (Å²) in [6, 6.07) is 4.72. The molecule has 28 heavy (non-hydrogen) atoms. The number of hydrogen-bond acceptors (Lipinski definition) is 7. The van der Waals surface area contributed by atoms with E-state index in [2.05, 4.69) is 5.43 Å². The van der Waals surface area contributed by atoms with Gasteiger partial charge in [0.25, 0.3) is 11.6 Å². The average molecular weight is 389 g/mol. The van der Waals surface area contributed by atoms with Crippen LogP contribution in [0.25, 0.3) is 0 Å². The number of hydrazine groups is 1. The van der Waals surface area contributed by atoms with Gasteiger partial charge in [0, 0.05) is 29.7 Å². The number of carbonyl (C=O) groups excluding carboxylic acids is 2. The Labute approximate surface area is 162 Å². The SMILES string of the molecule is CCOC(=O)CC(NN(CCO)C(=O)c1ccc([N+](=O)[O-])cc1)C1C=CC=C1. The van der Waals surface area contributed by atoms with Crippen molar-refractivity contribution in [3.05, 3.63) is 64.2 Å². The highest BCUT2D eigenvalue weighted by Gasteiger charge is 2.27. The summed E-state index contributed by atoms with van der Waals surface area (Å²) in [6.45, 7) is 1.65. The molecule has 0 spiro atoms. The van der Waals surface area contributed by atoms with Gasteiger partial charge in [-0.3, -0.25) is 24.7 Å². The van der Waals surface area contributed by atoms with E-state index in [4.69, 9.17) is 4.74 Å². The molecular weight excluding hydrogens is 366 g/mol. The van der Waals surface area contributed by atoms with Gasteiger partial charge >= 0.3 is 5.97 Å². The molecule has 1 aliphatic carbocycles. The lowest BCUT2D eigenvalue weighted by atomic mass is 9.99. The molecule has 1 aromatic rings. The van der Waals surface area contributed by atoms with Crippen LogP contribution in [0.4, 0.5) is 5.69 Å². The van der Waals surface area contributed by atoms with Crippen molar-refractivity contribution in [2.75, 3.05) is 19.8 Å². The maximum absolute atomic E-state index is 12.8. The number of nitrogens with one attached hydrogen (secondary N) is 1. The highest BCUT2D eigenvalue weighted by molar-refractivity contribution is 5.94. The number of esters is 1. The molecule has 9 nitrogen and oxygen atoms in total. The highest BCUT2D eigenvalue weighted by atomic mass is 16.6. The van der Waals surface area contributed by atoms with Gasteiger partial charge in [-0.1, -0.05) is 24.3 Å². The Morgan fingerprint density at radius 3 is 2.46 bits per heavy atom. The molecule has 1 unspecified atom stereocenters. The second kappa shape index (κ2) is 10.3. The molecular formula is C19H23N3O6. The number of nitro benzene ring substituents is 1. The number of aliphatic hydroxyl groups excluding tert-OH is 1. The monoisotopic (exact) mass is 389 g/mol. The number of hydrogen-bond donors (Lipinski definition) is 2. The number of aliphatic hydroxyl groups is 1. The molecule has 0 saturated carbocycles. The summed E-state index contributed by atoms with van der Waals surface area (Å²) in [5.74, 6) is -1.00. The van der Waals surface area contributed by atoms with Crippen molar-refractivity contribution in [2.45, 2.75) is 19.4 Å². The van der Waals surface area contributed by atoms with Crippen molar-refractivity contribution in [2.24, 2.45) is 5.92 Å². The third kappa shape index (κ3) is 5.73. The molecule has 0 aliphatic heterocycles. The Kier molecular flexibility index (Phi) is 7.85. The van der Waals surface area contributed by atoms with Crippen LogP contribution in [0.1, 0.15) is 23.7 Å². The number of carbonyl (C=O) groups is 2. The molecule has 1 atom stereocenters. The zero-order valence-corrected chi connectivity index (χ0v) is 15.5. The Bertz CT molecular complexity index is 747. The first-order chi connectivity index (χ1) is 13.5. The van der Waals surface area contributed by atoms with Crippen LogP contribution in [-0.4, -0.2) is 52.7 Å². The van der Waals surface area contributed by atoms with Crippen LogP contribution < -0.4 is 5.43 Å². The minimum Gasteiger partial charge on any atom is -0.466 e. The third-order valence-electron chi connectivity index (χ3n) is 4.15. The molecule has 150 valence electrons. The van der Waals surface area contributed by atoms with Gasteiger partial charge in [0.2, 0.25) is 0 Å². The predicted octanol–water partition coefficient (Wildman–Crippen LogP) is 1.60. The lowest BCUT2D eigenvalue weighted by Gasteiger charge is -2.30. The molecule has 2 rings (SSSR count). The first-order valence-electron chi connectivity index (χ1n) is 8.90. The van der Waals surface area contributed by atoms with Crippen molar-refractivity contribution in [3.8, 4) is 0 Å². The highest BCUT2D eigenvalue weighted by Crippen LogP contribution is 2.19. The smallest absolute Gasteiger partial charge is 0.307 e. The van der Waals surface area contributed by atoms with Crippen molar-refractivity contribution >= 4 is 17.6 Å².